The summed E-state index contributed by atoms with van der Waals surface area (Å²) in [4.78, 5) is 14.9. The fourth-order valence-corrected chi connectivity index (χ4v) is 2.76. The molecule has 0 saturated heterocycles. The van der Waals surface area contributed by atoms with Gasteiger partial charge in [0, 0.05) is 25.2 Å². The average Bonchev–Trinajstić information content (AvgIpc) is 2.67. The molecule has 2 aromatic carbocycles. The minimum absolute atomic E-state index is 0.0500. The third-order valence-corrected chi connectivity index (χ3v) is 4.17. The Bertz CT molecular complexity index is 840. The number of Topliss-reactive ketones (excluding diaryl/α,β-unsaturated/α-hetero) is 1. The number of nitrogens with zero attached hydrogens (tertiary/aromatic N) is 1. The Kier molecular flexibility index (Phi) is 6.88. The van der Waals surface area contributed by atoms with Crippen molar-refractivity contribution in [2.24, 2.45) is 0 Å². The Morgan fingerprint density at radius 3 is 2.33 bits per heavy atom. The number of ketones is 1. The Balaban J connectivity index is 2.40. The molecular weight excluding hydrogens is 342 g/mol. The highest BCUT2D eigenvalue weighted by atomic mass is 16.5. The van der Waals surface area contributed by atoms with Gasteiger partial charge in [0.15, 0.2) is 5.78 Å². The Morgan fingerprint density at radius 1 is 1.04 bits per heavy atom. The number of hydrogen-bond acceptors (Lipinski definition) is 5. The van der Waals surface area contributed by atoms with Gasteiger partial charge in [0.2, 0.25) is 0 Å². The molecule has 5 nitrogen and oxygen atoms in total. The lowest BCUT2D eigenvalue weighted by Crippen LogP contribution is -2.12. The van der Waals surface area contributed by atoms with Gasteiger partial charge in [-0.2, -0.15) is 0 Å². The second-order valence-electron chi connectivity index (χ2n) is 6.27. The molecule has 2 rings (SSSR count). The molecule has 144 valence electrons. The Labute approximate surface area is 161 Å². The molecule has 0 radical (unpaired) electrons. The van der Waals surface area contributed by atoms with E-state index in [1.165, 1.54) is 0 Å². The largest absolute Gasteiger partial charge is 0.497 e. The first-order valence-electron chi connectivity index (χ1n) is 8.80. The topological polar surface area (TPSA) is 48.0 Å². The zero-order valence-electron chi connectivity index (χ0n) is 16.8. The zero-order valence-corrected chi connectivity index (χ0v) is 16.8. The van der Waals surface area contributed by atoms with Crippen molar-refractivity contribution < 1.29 is 19.0 Å². The van der Waals surface area contributed by atoms with Crippen molar-refractivity contribution in [3.8, 4) is 17.2 Å². The lowest BCUT2D eigenvalue weighted by atomic mass is 10.0. The monoisotopic (exact) mass is 369 g/mol. The second-order valence-corrected chi connectivity index (χ2v) is 6.27. The summed E-state index contributed by atoms with van der Waals surface area (Å²) in [5, 5.41) is 0. The third kappa shape index (κ3) is 4.82. The lowest BCUT2D eigenvalue weighted by Gasteiger charge is -2.18. The van der Waals surface area contributed by atoms with Crippen molar-refractivity contribution in [1.29, 1.82) is 0 Å². The van der Waals surface area contributed by atoms with Crippen LogP contribution in [0.5, 0.6) is 17.2 Å². The first kappa shape index (κ1) is 20.4. The number of ether oxygens (including phenoxy) is 3. The molecule has 5 heteroatoms. The van der Waals surface area contributed by atoms with Crippen molar-refractivity contribution in [2.75, 3.05) is 39.8 Å². The van der Waals surface area contributed by atoms with Gasteiger partial charge in [-0.3, -0.25) is 4.79 Å². The molecule has 0 fully saturated rings. The molecule has 0 unspecified atom stereocenters. The fraction of sp³-hybridized carbons (Fsp3) is 0.318. The summed E-state index contributed by atoms with van der Waals surface area (Å²) in [6, 6.07) is 11.0. The highest BCUT2D eigenvalue weighted by Gasteiger charge is 2.14. The van der Waals surface area contributed by atoms with E-state index in [0.29, 0.717) is 29.2 Å². The van der Waals surface area contributed by atoms with Crippen LogP contribution in [0.2, 0.25) is 0 Å². The van der Waals surface area contributed by atoms with Gasteiger partial charge in [-0.05, 0) is 61.9 Å². The van der Waals surface area contributed by atoms with E-state index in [0.717, 1.165) is 17.0 Å². The van der Waals surface area contributed by atoms with Gasteiger partial charge < -0.3 is 19.1 Å². The van der Waals surface area contributed by atoms with Crippen LogP contribution in [-0.4, -0.2) is 40.7 Å². The van der Waals surface area contributed by atoms with E-state index in [1.807, 2.05) is 62.3 Å². The van der Waals surface area contributed by atoms with Gasteiger partial charge in [0.25, 0.3) is 0 Å². The lowest BCUT2D eigenvalue weighted by molar-refractivity contribution is 0.103. The number of methoxy groups -OCH3 is 2. The molecule has 2 aromatic rings. The van der Waals surface area contributed by atoms with E-state index in [4.69, 9.17) is 14.2 Å². The van der Waals surface area contributed by atoms with E-state index in [9.17, 15) is 4.79 Å². The van der Waals surface area contributed by atoms with Crippen molar-refractivity contribution in [3.63, 3.8) is 0 Å². The van der Waals surface area contributed by atoms with Crippen LogP contribution < -0.4 is 19.1 Å². The second kappa shape index (κ2) is 9.12. The summed E-state index contributed by atoms with van der Waals surface area (Å²) in [6.07, 6.45) is 1.81. The average molecular weight is 369 g/mol. The van der Waals surface area contributed by atoms with E-state index in [2.05, 4.69) is 0 Å². The number of allylic oxidation sites excluding steroid dienone is 1. The maximum absolute atomic E-state index is 12.9. The number of anilines is 1. The number of hydrogen-bond donors (Lipinski definition) is 0. The minimum Gasteiger partial charge on any atom is -0.497 e. The van der Waals surface area contributed by atoms with Crippen LogP contribution >= 0.6 is 0 Å². The molecule has 0 bridgehead atoms. The highest BCUT2D eigenvalue weighted by molar-refractivity contribution is 6.11. The summed E-state index contributed by atoms with van der Waals surface area (Å²) in [5.74, 6) is 2.10. The molecule has 0 aliphatic rings. The zero-order chi connectivity index (χ0) is 20.0. The van der Waals surface area contributed by atoms with E-state index >= 15 is 0 Å². The molecule has 0 aliphatic carbocycles. The predicted octanol–water partition coefficient (Wildman–Crippen LogP) is 4.45. The van der Waals surface area contributed by atoms with E-state index < -0.39 is 0 Å². The van der Waals surface area contributed by atoms with Gasteiger partial charge in [0.05, 0.1) is 26.5 Å². The SMILES string of the molecule is CCOc1ccc(C(=O)/C(C)=C/c2cc(OC)ccc2OC)cc1N(C)C. The van der Waals surface area contributed by atoms with Crippen molar-refractivity contribution in [3.05, 3.63) is 53.1 Å². The van der Waals surface area contributed by atoms with Crippen LogP contribution in [0, 0.1) is 0 Å². The Hall–Kier alpha value is -2.95. The summed E-state index contributed by atoms with van der Waals surface area (Å²) in [5.41, 5.74) is 2.88. The van der Waals surface area contributed by atoms with Crippen LogP contribution in [0.3, 0.4) is 0 Å². The quantitative estimate of drug-likeness (QED) is 0.508. The van der Waals surface area contributed by atoms with Gasteiger partial charge in [0.1, 0.15) is 17.2 Å². The van der Waals surface area contributed by atoms with Gasteiger partial charge >= 0.3 is 0 Å². The first-order chi connectivity index (χ1) is 12.9. The first-order valence-corrected chi connectivity index (χ1v) is 8.80. The van der Waals surface area contributed by atoms with Crippen LogP contribution in [0.25, 0.3) is 6.08 Å². The van der Waals surface area contributed by atoms with Crippen LogP contribution in [-0.2, 0) is 0 Å². The van der Waals surface area contributed by atoms with Gasteiger partial charge in [-0.1, -0.05) is 0 Å². The molecule has 0 aromatic heterocycles. The molecule has 0 aliphatic heterocycles. The summed E-state index contributed by atoms with van der Waals surface area (Å²) in [7, 11) is 7.06. The maximum Gasteiger partial charge on any atom is 0.188 e. The molecule has 0 heterocycles. The molecule has 0 N–H and O–H groups in total. The van der Waals surface area contributed by atoms with Crippen molar-refractivity contribution >= 4 is 17.5 Å². The number of carbonyl (C=O) groups is 1. The van der Waals surface area contributed by atoms with E-state index in [1.54, 1.807) is 27.2 Å². The normalized spacial score (nSPS) is 11.1. The molecule has 0 atom stereocenters. The molecule has 0 spiro atoms. The highest BCUT2D eigenvalue weighted by Crippen LogP contribution is 2.30. The summed E-state index contributed by atoms with van der Waals surface area (Å²) < 4.78 is 16.3. The van der Waals surface area contributed by atoms with E-state index in [-0.39, 0.29) is 5.78 Å². The number of carbonyl (C=O) groups excluding carboxylic acids is 1. The standard InChI is InChI=1S/C22H27NO4/c1-7-27-21-10-8-16(14-19(21)23(3)4)22(24)15(2)12-17-13-18(25-5)9-11-20(17)26-6/h8-14H,7H2,1-6H3/b15-12+. The van der Waals surface area contributed by atoms with Gasteiger partial charge in [-0.25, -0.2) is 0 Å². The number of rotatable bonds is 8. The molecule has 0 amide bonds. The summed E-state index contributed by atoms with van der Waals surface area (Å²) in [6.45, 7) is 4.31. The summed E-state index contributed by atoms with van der Waals surface area (Å²) >= 11 is 0. The third-order valence-electron chi connectivity index (χ3n) is 4.17. The van der Waals surface area contributed by atoms with Crippen LogP contribution in [0.4, 0.5) is 5.69 Å². The number of benzene rings is 2. The van der Waals surface area contributed by atoms with Crippen molar-refractivity contribution in [1.82, 2.24) is 0 Å². The predicted molar refractivity (Wildman–Crippen MR) is 109 cm³/mol. The molecule has 0 saturated carbocycles. The smallest absolute Gasteiger partial charge is 0.188 e. The fourth-order valence-electron chi connectivity index (χ4n) is 2.76. The van der Waals surface area contributed by atoms with Crippen LogP contribution in [0.1, 0.15) is 29.8 Å². The van der Waals surface area contributed by atoms with Crippen molar-refractivity contribution in [2.45, 2.75) is 13.8 Å². The van der Waals surface area contributed by atoms with Crippen LogP contribution in [0.15, 0.2) is 42.0 Å². The molecule has 27 heavy (non-hydrogen) atoms. The molecular formula is C22H27NO4. The van der Waals surface area contributed by atoms with Gasteiger partial charge in [-0.15, -0.1) is 0 Å². The Morgan fingerprint density at radius 2 is 1.74 bits per heavy atom. The minimum atomic E-state index is -0.0500. The maximum atomic E-state index is 12.9.